The SMILES string of the molecule is CC(=O)/C=C/[C@@H]1C[C@@H](F)CN1C. The molecule has 1 aliphatic rings. The van der Waals surface area contributed by atoms with Crippen molar-refractivity contribution < 1.29 is 9.18 Å². The van der Waals surface area contributed by atoms with E-state index in [9.17, 15) is 9.18 Å². The van der Waals surface area contributed by atoms with Gasteiger partial charge in [0.1, 0.15) is 6.17 Å². The molecule has 1 heterocycles. The van der Waals surface area contributed by atoms with Crippen LogP contribution in [0.4, 0.5) is 4.39 Å². The highest BCUT2D eigenvalue weighted by atomic mass is 19.1. The summed E-state index contributed by atoms with van der Waals surface area (Å²) in [5.74, 6) is 0.0192. The van der Waals surface area contributed by atoms with Crippen molar-refractivity contribution in [3.05, 3.63) is 12.2 Å². The lowest BCUT2D eigenvalue weighted by molar-refractivity contribution is -0.112. The van der Waals surface area contributed by atoms with Crippen molar-refractivity contribution in [1.29, 1.82) is 0 Å². The number of rotatable bonds is 2. The fourth-order valence-corrected chi connectivity index (χ4v) is 1.44. The Morgan fingerprint density at radius 3 is 2.75 bits per heavy atom. The fourth-order valence-electron chi connectivity index (χ4n) is 1.44. The van der Waals surface area contributed by atoms with Crippen LogP contribution in [0.2, 0.25) is 0 Å². The number of halogens is 1. The summed E-state index contributed by atoms with van der Waals surface area (Å²) in [6.45, 7) is 1.98. The Balaban J connectivity index is 2.48. The normalized spacial score (nSPS) is 31.6. The first-order valence-electron chi connectivity index (χ1n) is 4.12. The average molecular weight is 171 g/mol. The Bertz CT molecular complexity index is 203. The summed E-state index contributed by atoms with van der Waals surface area (Å²) in [7, 11) is 1.87. The topological polar surface area (TPSA) is 20.3 Å². The van der Waals surface area contributed by atoms with Gasteiger partial charge >= 0.3 is 0 Å². The number of carbonyl (C=O) groups excluding carboxylic acids is 1. The second-order valence-corrected chi connectivity index (χ2v) is 3.31. The van der Waals surface area contributed by atoms with Gasteiger partial charge in [0.05, 0.1) is 0 Å². The summed E-state index contributed by atoms with van der Waals surface area (Å²) in [4.78, 5) is 12.5. The van der Waals surface area contributed by atoms with E-state index in [2.05, 4.69) is 0 Å². The molecule has 68 valence electrons. The molecule has 1 fully saturated rings. The molecule has 2 atom stereocenters. The Labute approximate surface area is 72.1 Å². The zero-order valence-electron chi connectivity index (χ0n) is 7.46. The Morgan fingerprint density at radius 2 is 2.33 bits per heavy atom. The number of nitrogens with zero attached hydrogens (tertiary/aromatic N) is 1. The van der Waals surface area contributed by atoms with Crippen LogP contribution in [0.15, 0.2) is 12.2 Å². The highest BCUT2D eigenvalue weighted by Gasteiger charge is 2.26. The minimum absolute atomic E-state index is 0.0192. The molecular formula is C9H14FNO. The molecule has 0 radical (unpaired) electrons. The van der Waals surface area contributed by atoms with E-state index in [0.29, 0.717) is 13.0 Å². The molecule has 2 nitrogen and oxygen atoms in total. The smallest absolute Gasteiger partial charge is 0.152 e. The molecule has 0 aromatic carbocycles. The van der Waals surface area contributed by atoms with Crippen molar-refractivity contribution in [2.45, 2.75) is 25.6 Å². The van der Waals surface area contributed by atoms with E-state index in [1.807, 2.05) is 11.9 Å². The van der Waals surface area contributed by atoms with E-state index in [0.717, 1.165) is 0 Å². The van der Waals surface area contributed by atoms with E-state index >= 15 is 0 Å². The number of carbonyl (C=O) groups is 1. The molecule has 0 aliphatic carbocycles. The number of hydrogen-bond acceptors (Lipinski definition) is 2. The summed E-state index contributed by atoms with van der Waals surface area (Å²) >= 11 is 0. The van der Waals surface area contributed by atoms with Crippen LogP contribution >= 0.6 is 0 Å². The van der Waals surface area contributed by atoms with Crippen LogP contribution in [0, 0.1) is 0 Å². The summed E-state index contributed by atoms with van der Waals surface area (Å²) in [5.41, 5.74) is 0. The zero-order chi connectivity index (χ0) is 9.14. The second-order valence-electron chi connectivity index (χ2n) is 3.31. The summed E-state index contributed by atoms with van der Waals surface area (Å²) < 4.78 is 12.8. The monoisotopic (exact) mass is 171 g/mol. The quantitative estimate of drug-likeness (QED) is 0.581. The van der Waals surface area contributed by atoms with Crippen LogP contribution in [0.5, 0.6) is 0 Å². The highest BCUT2D eigenvalue weighted by molar-refractivity contribution is 5.87. The largest absolute Gasteiger partial charge is 0.297 e. The van der Waals surface area contributed by atoms with Gasteiger partial charge < -0.3 is 0 Å². The predicted molar refractivity (Wildman–Crippen MR) is 45.8 cm³/mol. The third-order valence-electron chi connectivity index (χ3n) is 2.10. The number of likely N-dealkylation sites (tertiary alicyclic amines) is 1. The molecule has 3 heteroatoms. The maximum atomic E-state index is 12.8. The lowest BCUT2D eigenvalue weighted by Crippen LogP contribution is -2.23. The molecule has 0 N–H and O–H groups in total. The van der Waals surface area contributed by atoms with E-state index in [-0.39, 0.29) is 11.8 Å². The third kappa shape index (κ3) is 2.41. The molecule has 0 amide bonds. The van der Waals surface area contributed by atoms with Crippen molar-refractivity contribution in [1.82, 2.24) is 4.90 Å². The number of alkyl halides is 1. The number of hydrogen-bond donors (Lipinski definition) is 0. The van der Waals surface area contributed by atoms with Crippen molar-refractivity contribution in [2.24, 2.45) is 0 Å². The molecule has 1 aliphatic heterocycles. The van der Waals surface area contributed by atoms with Crippen molar-refractivity contribution >= 4 is 5.78 Å². The molecule has 1 rings (SSSR count). The molecule has 12 heavy (non-hydrogen) atoms. The van der Waals surface area contributed by atoms with Crippen LogP contribution < -0.4 is 0 Å². The summed E-state index contributed by atoms with van der Waals surface area (Å²) in [5, 5.41) is 0. The molecule has 0 aromatic heterocycles. The van der Waals surface area contributed by atoms with Crippen LogP contribution in [-0.4, -0.2) is 36.5 Å². The standard InChI is InChI=1S/C9H14FNO/c1-7(12)3-4-9-5-8(10)6-11(9)2/h3-4,8-9H,5-6H2,1-2H3/b4-3+/t8-,9-/m1/s1. The number of ketones is 1. The van der Waals surface area contributed by atoms with Crippen molar-refractivity contribution in [2.75, 3.05) is 13.6 Å². The molecule has 0 aromatic rings. The zero-order valence-corrected chi connectivity index (χ0v) is 7.46. The predicted octanol–water partition coefficient (Wildman–Crippen LogP) is 1.17. The first-order valence-corrected chi connectivity index (χ1v) is 4.12. The van der Waals surface area contributed by atoms with Crippen LogP contribution in [-0.2, 0) is 4.79 Å². The third-order valence-corrected chi connectivity index (χ3v) is 2.10. The highest BCUT2D eigenvalue weighted by Crippen LogP contribution is 2.18. The number of allylic oxidation sites excluding steroid dienone is 1. The van der Waals surface area contributed by atoms with Gasteiger partial charge in [0.15, 0.2) is 5.78 Å². The van der Waals surface area contributed by atoms with E-state index < -0.39 is 6.17 Å². The van der Waals surface area contributed by atoms with Gasteiger partial charge in [-0.3, -0.25) is 9.69 Å². The summed E-state index contributed by atoms with van der Waals surface area (Å²) in [6.07, 6.45) is 3.07. The first kappa shape index (κ1) is 9.39. The lowest BCUT2D eigenvalue weighted by Gasteiger charge is -2.13. The molecule has 0 unspecified atom stereocenters. The van der Waals surface area contributed by atoms with Crippen LogP contribution in [0.3, 0.4) is 0 Å². The Morgan fingerprint density at radius 1 is 1.67 bits per heavy atom. The van der Waals surface area contributed by atoms with E-state index in [4.69, 9.17) is 0 Å². The number of likely N-dealkylation sites (N-methyl/N-ethyl adjacent to an activating group) is 1. The second kappa shape index (κ2) is 3.81. The van der Waals surface area contributed by atoms with Gasteiger partial charge in [-0.05, 0) is 26.5 Å². The van der Waals surface area contributed by atoms with Crippen LogP contribution in [0.25, 0.3) is 0 Å². The Hall–Kier alpha value is -0.700. The molecule has 0 bridgehead atoms. The lowest BCUT2D eigenvalue weighted by atomic mass is 10.2. The fraction of sp³-hybridized carbons (Fsp3) is 0.667. The molecule has 0 saturated carbocycles. The van der Waals surface area contributed by atoms with Gasteiger partial charge in [-0.1, -0.05) is 6.08 Å². The average Bonchev–Trinajstić information content (AvgIpc) is 2.26. The van der Waals surface area contributed by atoms with Gasteiger partial charge in [0.25, 0.3) is 0 Å². The first-order chi connectivity index (χ1) is 5.59. The minimum atomic E-state index is -0.739. The molecule has 1 saturated heterocycles. The van der Waals surface area contributed by atoms with Crippen LogP contribution in [0.1, 0.15) is 13.3 Å². The maximum Gasteiger partial charge on any atom is 0.152 e. The van der Waals surface area contributed by atoms with Gasteiger partial charge in [0, 0.05) is 12.6 Å². The molecule has 0 spiro atoms. The van der Waals surface area contributed by atoms with Gasteiger partial charge in [-0.15, -0.1) is 0 Å². The molecular weight excluding hydrogens is 157 g/mol. The summed E-state index contributed by atoms with van der Waals surface area (Å²) in [6, 6.07) is 0.101. The maximum absolute atomic E-state index is 12.8. The Kier molecular flexibility index (Phi) is 2.98. The van der Waals surface area contributed by atoms with E-state index in [1.165, 1.54) is 13.0 Å². The van der Waals surface area contributed by atoms with Crippen molar-refractivity contribution in [3.63, 3.8) is 0 Å². The van der Waals surface area contributed by atoms with Gasteiger partial charge in [-0.25, -0.2) is 4.39 Å². The van der Waals surface area contributed by atoms with Crippen molar-refractivity contribution in [3.8, 4) is 0 Å². The minimum Gasteiger partial charge on any atom is -0.297 e. The van der Waals surface area contributed by atoms with E-state index in [1.54, 1.807) is 6.08 Å². The van der Waals surface area contributed by atoms with Gasteiger partial charge in [0.2, 0.25) is 0 Å². The van der Waals surface area contributed by atoms with Gasteiger partial charge in [-0.2, -0.15) is 0 Å².